The summed E-state index contributed by atoms with van der Waals surface area (Å²) in [6.45, 7) is 16.8. The van der Waals surface area contributed by atoms with E-state index in [-0.39, 0.29) is 29.3 Å². The van der Waals surface area contributed by atoms with E-state index in [4.69, 9.17) is 17.0 Å². The number of nitrogens with one attached hydrogen (secondary N) is 2. The van der Waals surface area contributed by atoms with Crippen LogP contribution in [0, 0.1) is 11.3 Å². The van der Waals surface area contributed by atoms with E-state index in [9.17, 15) is 9.59 Å². The summed E-state index contributed by atoms with van der Waals surface area (Å²) in [5.74, 6) is -0.0978. The van der Waals surface area contributed by atoms with Crippen LogP contribution in [0.3, 0.4) is 0 Å². The number of rotatable bonds is 8. The van der Waals surface area contributed by atoms with E-state index in [0.29, 0.717) is 29.3 Å². The Bertz CT molecular complexity index is 918. The Morgan fingerprint density at radius 3 is 2.48 bits per heavy atom. The second-order valence-electron chi connectivity index (χ2n) is 10.3. The molecule has 1 aromatic rings. The molecule has 0 aromatic heterocycles. The van der Waals surface area contributed by atoms with E-state index in [2.05, 4.69) is 38.3 Å². The zero-order valence-corrected chi connectivity index (χ0v) is 22.1. The lowest BCUT2D eigenvalue weighted by molar-refractivity contribution is -0.143. The fraction of sp³-hybridized carbons (Fsp3) is 0.577. The average Bonchev–Trinajstić information content (AvgIpc) is 2.65. The van der Waals surface area contributed by atoms with Crippen molar-refractivity contribution in [1.82, 2.24) is 10.2 Å². The summed E-state index contributed by atoms with van der Waals surface area (Å²) in [5.41, 5.74) is 3.02. The van der Waals surface area contributed by atoms with Crippen LogP contribution in [0.4, 0.5) is 5.69 Å². The van der Waals surface area contributed by atoms with Crippen molar-refractivity contribution in [1.29, 1.82) is 0 Å². The second kappa shape index (κ2) is 11.1. The van der Waals surface area contributed by atoms with Crippen molar-refractivity contribution in [3.63, 3.8) is 0 Å². The van der Waals surface area contributed by atoms with Crippen LogP contribution in [0.1, 0.15) is 79.8 Å². The fourth-order valence-electron chi connectivity index (χ4n) is 4.40. The number of carbonyl (C=O) groups excluding carboxylic acids is 2. The third-order valence-electron chi connectivity index (χ3n) is 5.47. The number of carbonyl (C=O) groups is 2. The first kappa shape index (κ1) is 26.8. The number of esters is 1. The van der Waals surface area contributed by atoms with Gasteiger partial charge in [-0.15, -0.1) is 0 Å². The van der Waals surface area contributed by atoms with Gasteiger partial charge in [0.25, 0.3) is 0 Å². The molecular weight excluding hydrogens is 434 g/mol. The number of benzene rings is 1. The number of hydrogen-bond acceptors (Lipinski definition) is 4. The summed E-state index contributed by atoms with van der Waals surface area (Å²) < 4.78 is 5.54. The highest BCUT2D eigenvalue weighted by atomic mass is 32.1. The first-order valence-electron chi connectivity index (χ1n) is 11.7. The Morgan fingerprint density at radius 1 is 1.24 bits per heavy atom. The average molecular weight is 474 g/mol. The van der Waals surface area contributed by atoms with Crippen LogP contribution in [0.5, 0.6) is 0 Å². The zero-order valence-electron chi connectivity index (χ0n) is 21.2. The summed E-state index contributed by atoms with van der Waals surface area (Å²) in [5, 5.41) is 6.87. The van der Waals surface area contributed by atoms with Crippen LogP contribution in [0.2, 0.25) is 0 Å². The predicted molar refractivity (Wildman–Crippen MR) is 138 cm³/mol. The molecule has 0 saturated heterocycles. The molecule has 0 aliphatic carbocycles. The third-order valence-corrected chi connectivity index (χ3v) is 5.81. The van der Waals surface area contributed by atoms with Crippen molar-refractivity contribution in [3.05, 3.63) is 41.1 Å². The molecule has 1 aromatic carbocycles. The van der Waals surface area contributed by atoms with Crippen molar-refractivity contribution in [3.8, 4) is 0 Å². The predicted octanol–water partition coefficient (Wildman–Crippen LogP) is 5.56. The van der Waals surface area contributed by atoms with Gasteiger partial charge in [0, 0.05) is 24.4 Å². The van der Waals surface area contributed by atoms with E-state index in [0.717, 1.165) is 17.7 Å². The van der Waals surface area contributed by atoms with Gasteiger partial charge < -0.3 is 20.3 Å². The topological polar surface area (TPSA) is 70.7 Å². The summed E-state index contributed by atoms with van der Waals surface area (Å²) in [7, 11) is 0. The van der Waals surface area contributed by atoms with Gasteiger partial charge in [-0.2, -0.15) is 0 Å². The molecule has 0 fully saturated rings. The largest absolute Gasteiger partial charge is 0.459 e. The second-order valence-corrected chi connectivity index (χ2v) is 10.7. The first-order chi connectivity index (χ1) is 15.3. The molecule has 0 saturated carbocycles. The Morgan fingerprint density at radius 2 is 1.91 bits per heavy atom. The molecule has 1 aliphatic rings. The van der Waals surface area contributed by atoms with E-state index in [1.54, 1.807) is 0 Å². The fourth-order valence-corrected chi connectivity index (χ4v) is 4.78. The number of ether oxygens (including phenoxy) is 1. The van der Waals surface area contributed by atoms with E-state index < -0.39 is 6.04 Å². The maximum Gasteiger partial charge on any atom is 0.338 e. The minimum atomic E-state index is -0.455. The van der Waals surface area contributed by atoms with Gasteiger partial charge in [0.15, 0.2) is 5.11 Å². The Balaban J connectivity index is 2.29. The minimum absolute atomic E-state index is 0.0145. The Hall–Kier alpha value is -2.41. The van der Waals surface area contributed by atoms with Gasteiger partial charge in [0.2, 0.25) is 5.91 Å². The van der Waals surface area contributed by atoms with Crippen molar-refractivity contribution in [2.75, 3.05) is 11.9 Å². The standard InChI is InChI=1S/C26H39N3O3S/c1-9-29-18(5)22(24(31)32-16(2)3)23(28-25(29)33)19-11-10-12-20(14-19)27-21(30)13-17(4)15-26(6,7)8/h10-12,14,16-17,23H,9,13,15H2,1-8H3,(H,27,30)(H,28,33)/t17-,23+/m1/s1. The normalized spacial score (nSPS) is 17.7. The Kier molecular flexibility index (Phi) is 9.06. The number of allylic oxidation sites excluding steroid dienone is 1. The van der Waals surface area contributed by atoms with Gasteiger partial charge in [-0.25, -0.2) is 4.79 Å². The van der Waals surface area contributed by atoms with Crippen molar-refractivity contribution in [2.24, 2.45) is 11.3 Å². The molecule has 1 aliphatic heterocycles. The molecule has 2 atom stereocenters. The molecule has 0 spiro atoms. The lowest BCUT2D eigenvalue weighted by Crippen LogP contribution is -2.47. The summed E-state index contributed by atoms with van der Waals surface area (Å²) >= 11 is 5.56. The van der Waals surface area contributed by atoms with Crippen LogP contribution in [-0.2, 0) is 14.3 Å². The van der Waals surface area contributed by atoms with Gasteiger partial charge in [0.1, 0.15) is 0 Å². The van der Waals surface area contributed by atoms with Crippen LogP contribution < -0.4 is 10.6 Å². The smallest absolute Gasteiger partial charge is 0.338 e. The molecule has 2 rings (SSSR count). The maximum absolute atomic E-state index is 13.0. The van der Waals surface area contributed by atoms with Crippen molar-refractivity contribution >= 4 is 34.9 Å². The molecule has 0 bridgehead atoms. The highest BCUT2D eigenvalue weighted by Gasteiger charge is 2.34. The van der Waals surface area contributed by atoms with Gasteiger partial charge in [0.05, 0.1) is 17.7 Å². The third kappa shape index (κ3) is 7.56. The van der Waals surface area contributed by atoms with Crippen molar-refractivity contribution in [2.45, 2.75) is 80.4 Å². The number of amides is 1. The van der Waals surface area contributed by atoms with Crippen LogP contribution in [0.15, 0.2) is 35.5 Å². The molecule has 0 radical (unpaired) electrons. The molecule has 1 amide bonds. The van der Waals surface area contributed by atoms with Crippen LogP contribution >= 0.6 is 12.2 Å². The monoisotopic (exact) mass is 473 g/mol. The summed E-state index contributed by atoms with van der Waals surface area (Å²) in [4.78, 5) is 27.5. The molecule has 6 nitrogen and oxygen atoms in total. The van der Waals surface area contributed by atoms with Gasteiger partial charge in [-0.3, -0.25) is 4.79 Å². The van der Waals surface area contributed by atoms with Gasteiger partial charge in [-0.05, 0) is 75.4 Å². The summed E-state index contributed by atoms with van der Waals surface area (Å²) in [6.07, 6.45) is 1.20. The molecule has 33 heavy (non-hydrogen) atoms. The van der Waals surface area contributed by atoms with Gasteiger partial charge >= 0.3 is 5.97 Å². The van der Waals surface area contributed by atoms with Crippen LogP contribution in [-0.4, -0.2) is 34.5 Å². The molecular formula is C26H39N3O3S. The SMILES string of the molecule is CCN1C(=S)N[C@@H](c2cccc(NC(=O)C[C@@H](C)CC(C)(C)C)c2)C(C(=O)OC(C)C)=C1C. The zero-order chi connectivity index (χ0) is 24.9. The number of thiocarbonyl (C=S) groups is 1. The summed E-state index contributed by atoms with van der Waals surface area (Å²) in [6, 6.07) is 7.10. The Labute approximate surface area is 204 Å². The molecule has 182 valence electrons. The minimum Gasteiger partial charge on any atom is -0.459 e. The number of hydrogen-bond donors (Lipinski definition) is 2. The first-order valence-corrected chi connectivity index (χ1v) is 12.1. The number of anilines is 1. The maximum atomic E-state index is 13.0. The van der Waals surface area contributed by atoms with E-state index in [1.165, 1.54) is 0 Å². The molecule has 2 N–H and O–H groups in total. The highest BCUT2D eigenvalue weighted by Crippen LogP contribution is 2.33. The van der Waals surface area contributed by atoms with Crippen LogP contribution in [0.25, 0.3) is 0 Å². The number of nitrogens with zero attached hydrogens (tertiary/aromatic N) is 1. The lowest BCUT2D eigenvalue weighted by atomic mass is 9.84. The van der Waals surface area contributed by atoms with Crippen molar-refractivity contribution < 1.29 is 14.3 Å². The quantitative estimate of drug-likeness (QED) is 0.380. The van der Waals surface area contributed by atoms with E-state index >= 15 is 0 Å². The lowest BCUT2D eigenvalue weighted by Gasteiger charge is -2.37. The molecule has 0 unspecified atom stereocenters. The molecule has 1 heterocycles. The molecule has 7 heteroatoms. The van der Waals surface area contributed by atoms with Gasteiger partial charge in [-0.1, -0.05) is 39.8 Å². The van der Waals surface area contributed by atoms with E-state index in [1.807, 2.05) is 56.9 Å². The highest BCUT2D eigenvalue weighted by molar-refractivity contribution is 7.80.